The van der Waals surface area contributed by atoms with Gasteiger partial charge in [0.25, 0.3) is 0 Å². The average molecular weight is 298 g/mol. The van der Waals surface area contributed by atoms with Crippen molar-refractivity contribution in [3.05, 3.63) is 24.3 Å². The molecule has 1 unspecified atom stereocenters. The van der Waals surface area contributed by atoms with E-state index >= 15 is 0 Å². The minimum absolute atomic E-state index is 0.169. The van der Waals surface area contributed by atoms with E-state index in [0.29, 0.717) is 19.6 Å². The van der Waals surface area contributed by atoms with Crippen LogP contribution in [0.1, 0.15) is 20.3 Å². The van der Waals surface area contributed by atoms with E-state index in [9.17, 15) is 4.79 Å². The molecule has 0 radical (unpaired) electrons. The van der Waals surface area contributed by atoms with Crippen molar-refractivity contribution in [2.75, 3.05) is 26.1 Å². The van der Waals surface area contributed by atoms with E-state index in [2.05, 4.69) is 4.74 Å². The molecule has 4 nitrogen and oxygen atoms in total. The molecule has 1 aromatic carbocycles. The second-order valence-corrected chi connectivity index (χ2v) is 5.76. The first-order chi connectivity index (χ1) is 9.65. The van der Waals surface area contributed by atoms with Gasteiger partial charge in [-0.3, -0.25) is 4.79 Å². The number of hydrogen-bond acceptors (Lipinski definition) is 5. The summed E-state index contributed by atoms with van der Waals surface area (Å²) >= 11 is 1.70. The van der Waals surface area contributed by atoms with Gasteiger partial charge in [-0.1, -0.05) is 6.92 Å². The average Bonchev–Trinajstić information content (AvgIpc) is 2.45. The van der Waals surface area contributed by atoms with Crippen molar-refractivity contribution >= 4 is 17.7 Å². The van der Waals surface area contributed by atoms with E-state index in [1.165, 1.54) is 7.11 Å². The van der Waals surface area contributed by atoms with Gasteiger partial charge < -0.3 is 14.2 Å². The van der Waals surface area contributed by atoms with Crippen LogP contribution in [0.5, 0.6) is 11.5 Å². The fourth-order valence-electron chi connectivity index (χ4n) is 1.58. The molecule has 0 fully saturated rings. The third-order valence-corrected chi connectivity index (χ3v) is 3.71. The van der Waals surface area contributed by atoms with Gasteiger partial charge in [0.1, 0.15) is 11.5 Å². The monoisotopic (exact) mass is 298 g/mol. The molecule has 1 aromatic rings. The molecule has 0 aromatic heterocycles. The van der Waals surface area contributed by atoms with Crippen LogP contribution in [0.3, 0.4) is 0 Å². The summed E-state index contributed by atoms with van der Waals surface area (Å²) in [5.74, 6) is 2.35. The number of methoxy groups -OCH3 is 1. The summed E-state index contributed by atoms with van der Waals surface area (Å²) in [6.07, 6.45) is 0.435. The van der Waals surface area contributed by atoms with Crippen LogP contribution in [0.4, 0.5) is 0 Å². The number of hydrogen-bond donors (Lipinski definition) is 0. The Bertz CT molecular complexity index is 391. The zero-order valence-electron chi connectivity index (χ0n) is 12.3. The maximum absolute atomic E-state index is 11.1. The molecule has 20 heavy (non-hydrogen) atoms. The third kappa shape index (κ3) is 6.70. The predicted molar refractivity (Wildman–Crippen MR) is 81.7 cm³/mol. The fraction of sp³-hybridized carbons (Fsp3) is 0.533. The van der Waals surface area contributed by atoms with E-state index in [-0.39, 0.29) is 11.2 Å². The zero-order chi connectivity index (χ0) is 14.8. The Morgan fingerprint density at radius 2 is 1.80 bits per heavy atom. The van der Waals surface area contributed by atoms with Crippen molar-refractivity contribution in [1.29, 1.82) is 0 Å². The van der Waals surface area contributed by atoms with Crippen molar-refractivity contribution < 1.29 is 19.0 Å². The van der Waals surface area contributed by atoms with Crippen LogP contribution in [0.2, 0.25) is 0 Å². The molecule has 0 saturated carbocycles. The minimum Gasteiger partial charge on any atom is -0.494 e. The van der Waals surface area contributed by atoms with Crippen molar-refractivity contribution in [2.24, 2.45) is 0 Å². The molecule has 0 aliphatic carbocycles. The highest BCUT2D eigenvalue weighted by molar-refractivity contribution is 7.99. The zero-order valence-corrected chi connectivity index (χ0v) is 13.1. The van der Waals surface area contributed by atoms with E-state index in [0.717, 1.165) is 17.3 Å². The van der Waals surface area contributed by atoms with Gasteiger partial charge in [0, 0.05) is 11.0 Å². The minimum atomic E-state index is -0.169. The summed E-state index contributed by atoms with van der Waals surface area (Å²) in [5.41, 5.74) is 0. The largest absolute Gasteiger partial charge is 0.494 e. The number of carbonyl (C=O) groups is 1. The highest BCUT2D eigenvalue weighted by atomic mass is 32.2. The first-order valence-corrected chi connectivity index (χ1v) is 7.74. The van der Waals surface area contributed by atoms with Crippen LogP contribution in [0.15, 0.2) is 24.3 Å². The van der Waals surface area contributed by atoms with Crippen molar-refractivity contribution in [2.45, 2.75) is 25.5 Å². The molecule has 0 aliphatic rings. The molecule has 0 heterocycles. The highest BCUT2D eigenvalue weighted by Gasteiger charge is 2.09. The molecule has 1 atom stereocenters. The summed E-state index contributed by atoms with van der Waals surface area (Å²) in [7, 11) is 1.41. The molecule has 5 heteroatoms. The molecule has 0 N–H and O–H groups in total. The van der Waals surface area contributed by atoms with E-state index in [4.69, 9.17) is 9.47 Å². The summed E-state index contributed by atoms with van der Waals surface area (Å²) < 4.78 is 15.6. The van der Waals surface area contributed by atoms with Crippen LogP contribution in [-0.2, 0) is 9.53 Å². The second-order valence-electron chi connectivity index (χ2n) is 4.21. The number of rotatable bonds is 9. The van der Waals surface area contributed by atoms with Crippen LogP contribution >= 0.6 is 11.8 Å². The Kier molecular flexibility index (Phi) is 7.95. The molecule has 1 rings (SSSR count). The smallest absolute Gasteiger partial charge is 0.306 e. The Balaban J connectivity index is 2.19. The van der Waals surface area contributed by atoms with Gasteiger partial charge in [-0.2, -0.15) is 11.8 Å². The van der Waals surface area contributed by atoms with Gasteiger partial charge in [0.15, 0.2) is 0 Å². The molecule has 0 aliphatic heterocycles. The first kappa shape index (κ1) is 16.7. The van der Waals surface area contributed by atoms with Gasteiger partial charge in [-0.15, -0.1) is 0 Å². The maximum Gasteiger partial charge on any atom is 0.306 e. The van der Waals surface area contributed by atoms with Crippen LogP contribution in [0.25, 0.3) is 0 Å². The van der Waals surface area contributed by atoms with E-state index < -0.39 is 0 Å². The van der Waals surface area contributed by atoms with Gasteiger partial charge in [0.2, 0.25) is 0 Å². The van der Waals surface area contributed by atoms with Crippen molar-refractivity contribution in [3.8, 4) is 11.5 Å². The number of esters is 1. The third-order valence-electron chi connectivity index (χ3n) is 2.57. The molecule has 0 amide bonds. The Labute approximate surface area is 124 Å². The highest BCUT2D eigenvalue weighted by Crippen LogP contribution is 2.19. The number of benzene rings is 1. The summed E-state index contributed by atoms with van der Waals surface area (Å²) in [4.78, 5) is 11.1. The lowest BCUT2D eigenvalue weighted by Gasteiger charge is -2.11. The molecular weight excluding hydrogens is 276 g/mol. The predicted octanol–water partition coefficient (Wildman–Crippen LogP) is 3.15. The second kappa shape index (κ2) is 9.53. The summed E-state index contributed by atoms with van der Waals surface area (Å²) in [5, 5.41) is 0.242. The molecule has 0 saturated heterocycles. The number of carbonyl (C=O) groups excluding carboxylic acids is 1. The van der Waals surface area contributed by atoms with Gasteiger partial charge >= 0.3 is 5.97 Å². The number of thioether (sulfide) groups is 1. The molecule has 0 spiro atoms. The maximum atomic E-state index is 11.1. The van der Waals surface area contributed by atoms with Gasteiger partial charge in [-0.05, 0) is 31.2 Å². The SMILES string of the molecule is CCOc1ccc(OCCSC(C)CC(=O)OC)cc1. The lowest BCUT2D eigenvalue weighted by Crippen LogP contribution is -2.11. The Morgan fingerprint density at radius 3 is 2.35 bits per heavy atom. The van der Waals surface area contributed by atoms with Crippen molar-refractivity contribution in [3.63, 3.8) is 0 Å². The number of ether oxygens (including phenoxy) is 3. The van der Waals surface area contributed by atoms with Gasteiger partial charge in [0.05, 0.1) is 26.7 Å². The normalized spacial score (nSPS) is 11.8. The standard InChI is InChI=1S/C15H22O4S/c1-4-18-13-5-7-14(8-6-13)19-9-10-20-12(2)11-15(16)17-3/h5-8,12H,4,9-11H2,1-3H3. The first-order valence-electron chi connectivity index (χ1n) is 6.69. The van der Waals surface area contributed by atoms with E-state index in [1.807, 2.05) is 38.1 Å². The lowest BCUT2D eigenvalue weighted by molar-refractivity contribution is -0.140. The van der Waals surface area contributed by atoms with Crippen molar-refractivity contribution in [1.82, 2.24) is 0 Å². The quantitative estimate of drug-likeness (QED) is 0.517. The van der Waals surface area contributed by atoms with Crippen LogP contribution in [0, 0.1) is 0 Å². The summed E-state index contributed by atoms with van der Waals surface area (Å²) in [6.45, 7) is 5.24. The molecule has 0 bridgehead atoms. The van der Waals surface area contributed by atoms with Crippen LogP contribution < -0.4 is 9.47 Å². The van der Waals surface area contributed by atoms with E-state index in [1.54, 1.807) is 11.8 Å². The lowest BCUT2D eigenvalue weighted by atomic mass is 10.3. The van der Waals surface area contributed by atoms with Gasteiger partial charge in [-0.25, -0.2) is 0 Å². The Hall–Kier alpha value is -1.36. The summed E-state index contributed by atoms with van der Waals surface area (Å²) in [6, 6.07) is 7.58. The fourth-order valence-corrected chi connectivity index (χ4v) is 2.42. The van der Waals surface area contributed by atoms with Crippen LogP contribution in [-0.4, -0.2) is 37.3 Å². The topological polar surface area (TPSA) is 44.8 Å². The molecular formula is C15H22O4S. The Morgan fingerprint density at radius 1 is 1.20 bits per heavy atom. The molecule has 112 valence electrons.